The summed E-state index contributed by atoms with van der Waals surface area (Å²) in [6, 6.07) is 4.74. The molecule has 0 aromatic heterocycles. The fourth-order valence-electron chi connectivity index (χ4n) is 1.76. The van der Waals surface area contributed by atoms with E-state index in [1.807, 2.05) is 26.0 Å². The van der Waals surface area contributed by atoms with Gasteiger partial charge in [0, 0.05) is 11.8 Å². The van der Waals surface area contributed by atoms with Crippen LogP contribution in [0.15, 0.2) is 18.2 Å². The average Bonchev–Trinajstić information content (AvgIpc) is 2.24. The number of carbonyl (C=O) groups is 1. The standard InChI is InChI=1S/C13H19NO3S/c1-9-4-5-11(10(2)8-9)13(15)12(14)6-7-18(3,16)17/h4-5,8,12H,6-7,14H2,1-3H3. The monoisotopic (exact) mass is 269 g/mol. The topological polar surface area (TPSA) is 77.2 Å². The predicted molar refractivity (Wildman–Crippen MR) is 72.5 cm³/mol. The smallest absolute Gasteiger partial charge is 0.179 e. The van der Waals surface area contributed by atoms with Crippen LogP contribution in [0.2, 0.25) is 0 Å². The van der Waals surface area contributed by atoms with Gasteiger partial charge in [-0.05, 0) is 25.8 Å². The first-order valence-electron chi connectivity index (χ1n) is 5.75. The number of Topliss-reactive ketones (excluding diaryl/α,β-unsaturated/α-hetero) is 1. The van der Waals surface area contributed by atoms with E-state index in [4.69, 9.17) is 5.73 Å². The number of sulfone groups is 1. The summed E-state index contributed by atoms with van der Waals surface area (Å²) in [5.74, 6) is -0.263. The largest absolute Gasteiger partial charge is 0.321 e. The lowest BCUT2D eigenvalue weighted by molar-refractivity contribution is 0.0959. The van der Waals surface area contributed by atoms with Crippen LogP contribution >= 0.6 is 0 Å². The molecule has 0 aliphatic heterocycles. The third-order valence-corrected chi connectivity index (χ3v) is 3.76. The van der Waals surface area contributed by atoms with Crippen LogP contribution in [0.4, 0.5) is 0 Å². The molecular formula is C13H19NO3S. The first kappa shape index (κ1) is 14.9. The van der Waals surface area contributed by atoms with E-state index in [1.54, 1.807) is 6.07 Å². The molecule has 0 radical (unpaired) electrons. The van der Waals surface area contributed by atoms with Crippen LogP contribution in [0.3, 0.4) is 0 Å². The van der Waals surface area contributed by atoms with Crippen molar-refractivity contribution in [3.05, 3.63) is 34.9 Å². The Bertz CT molecular complexity index is 549. The summed E-state index contributed by atoms with van der Waals surface area (Å²) in [5.41, 5.74) is 8.27. The highest BCUT2D eigenvalue weighted by Gasteiger charge is 2.19. The third-order valence-electron chi connectivity index (χ3n) is 2.78. The van der Waals surface area contributed by atoms with Crippen molar-refractivity contribution in [2.75, 3.05) is 12.0 Å². The number of hydrogen-bond acceptors (Lipinski definition) is 4. The van der Waals surface area contributed by atoms with E-state index in [0.717, 1.165) is 17.4 Å². The van der Waals surface area contributed by atoms with Gasteiger partial charge in [0.1, 0.15) is 9.84 Å². The van der Waals surface area contributed by atoms with Crippen molar-refractivity contribution in [3.63, 3.8) is 0 Å². The molecule has 0 saturated heterocycles. The zero-order valence-corrected chi connectivity index (χ0v) is 11.8. The maximum Gasteiger partial charge on any atom is 0.179 e. The molecule has 0 heterocycles. The average molecular weight is 269 g/mol. The summed E-state index contributed by atoms with van der Waals surface area (Å²) in [6.07, 6.45) is 1.30. The Balaban J connectivity index is 2.80. The van der Waals surface area contributed by atoms with Crippen molar-refractivity contribution < 1.29 is 13.2 Å². The van der Waals surface area contributed by atoms with Crippen LogP contribution in [0.5, 0.6) is 0 Å². The molecule has 100 valence electrons. The molecule has 0 bridgehead atoms. The van der Waals surface area contributed by atoms with Crippen molar-refractivity contribution in [2.24, 2.45) is 5.73 Å². The normalized spacial score (nSPS) is 13.3. The Morgan fingerprint density at radius 3 is 2.44 bits per heavy atom. The second kappa shape index (κ2) is 5.63. The van der Waals surface area contributed by atoms with Crippen molar-refractivity contribution in [1.82, 2.24) is 0 Å². The predicted octanol–water partition coefficient (Wildman–Crippen LogP) is 1.25. The molecule has 1 aromatic rings. The van der Waals surface area contributed by atoms with Crippen LogP contribution in [0, 0.1) is 13.8 Å². The molecule has 4 nitrogen and oxygen atoms in total. The van der Waals surface area contributed by atoms with Gasteiger partial charge in [0.05, 0.1) is 11.8 Å². The van der Waals surface area contributed by atoms with E-state index in [9.17, 15) is 13.2 Å². The number of benzene rings is 1. The van der Waals surface area contributed by atoms with Crippen LogP contribution < -0.4 is 5.73 Å². The van der Waals surface area contributed by atoms with Gasteiger partial charge in [0.25, 0.3) is 0 Å². The summed E-state index contributed by atoms with van der Waals surface area (Å²) >= 11 is 0. The van der Waals surface area contributed by atoms with E-state index >= 15 is 0 Å². The lowest BCUT2D eigenvalue weighted by Gasteiger charge is -2.12. The molecule has 1 unspecified atom stereocenters. The molecule has 1 atom stereocenters. The van der Waals surface area contributed by atoms with Gasteiger partial charge in [-0.2, -0.15) is 0 Å². The van der Waals surface area contributed by atoms with Crippen LogP contribution in [-0.4, -0.2) is 32.3 Å². The Kier molecular flexibility index (Phi) is 4.65. The molecular weight excluding hydrogens is 250 g/mol. The van der Waals surface area contributed by atoms with Crippen molar-refractivity contribution in [3.8, 4) is 0 Å². The number of aryl methyl sites for hydroxylation is 2. The maximum absolute atomic E-state index is 12.1. The molecule has 1 rings (SSSR count). The van der Waals surface area contributed by atoms with Gasteiger partial charge in [-0.15, -0.1) is 0 Å². The second-order valence-electron chi connectivity index (χ2n) is 4.71. The van der Waals surface area contributed by atoms with Gasteiger partial charge in [0.15, 0.2) is 5.78 Å². The van der Waals surface area contributed by atoms with Crippen molar-refractivity contribution >= 4 is 15.6 Å². The maximum atomic E-state index is 12.1. The number of rotatable bonds is 5. The van der Waals surface area contributed by atoms with Gasteiger partial charge in [-0.1, -0.05) is 23.8 Å². The zero-order valence-electron chi connectivity index (χ0n) is 10.9. The Labute approximate surface area is 108 Å². The van der Waals surface area contributed by atoms with Gasteiger partial charge in [-0.25, -0.2) is 8.42 Å². The molecule has 18 heavy (non-hydrogen) atoms. The van der Waals surface area contributed by atoms with Crippen molar-refractivity contribution in [1.29, 1.82) is 0 Å². The number of carbonyl (C=O) groups excluding carboxylic acids is 1. The highest BCUT2D eigenvalue weighted by molar-refractivity contribution is 7.90. The highest BCUT2D eigenvalue weighted by Crippen LogP contribution is 2.13. The molecule has 0 aliphatic carbocycles. The Morgan fingerprint density at radius 1 is 1.33 bits per heavy atom. The minimum Gasteiger partial charge on any atom is -0.321 e. The number of ketones is 1. The van der Waals surface area contributed by atoms with E-state index in [2.05, 4.69) is 0 Å². The van der Waals surface area contributed by atoms with Gasteiger partial charge in [-0.3, -0.25) is 4.79 Å². The molecule has 2 N–H and O–H groups in total. The van der Waals surface area contributed by atoms with Crippen LogP contribution in [-0.2, 0) is 9.84 Å². The summed E-state index contributed by atoms with van der Waals surface area (Å²) < 4.78 is 22.1. The number of nitrogens with two attached hydrogens (primary N) is 1. The quantitative estimate of drug-likeness (QED) is 0.816. The molecule has 0 spiro atoms. The molecule has 0 saturated carbocycles. The minimum atomic E-state index is -3.08. The third kappa shape index (κ3) is 4.23. The molecule has 0 fully saturated rings. The molecule has 0 aliphatic rings. The zero-order chi connectivity index (χ0) is 13.9. The summed E-state index contributed by atoms with van der Waals surface area (Å²) in [5, 5.41) is 0. The summed E-state index contributed by atoms with van der Waals surface area (Å²) in [6.45, 7) is 3.80. The lowest BCUT2D eigenvalue weighted by atomic mass is 9.97. The SMILES string of the molecule is Cc1ccc(C(=O)C(N)CCS(C)(=O)=O)c(C)c1. The Hall–Kier alpha value is -1.20. The number of hydrogen-bond donors (Lipinski definition) is 1. The first-order chi connectivity index (χ1) is 8.20. The van der Waals surface area contributed by atoms with Crippen LogP contribution in [0.25, 0.3) is 0 Å². The minimum absolute atomic E-state index is 0.0647. The Morgan fingerprint density at radius 2 is 1.94 bits per heavy atom. The van der Waals surface area contributed by atoms with E-state index in [0.29, 0.717) is 5.56 Å². The van der Waals surface area contributed by atoms with Crippen molar-refractivity contribution in [2.45, 2.75) is 26.3 Å². The second-order valence-corrected chi connectivity index (χ2v) is 6.97. The van der Waals surface area contributed by atoms with E-state index in [1.165, 1.54) is 0 Å². The molecule has 0 amide bonds. The summed E-state index contributed by atoms with van der Waals surface area (Å²) in [7, 11) is -3.08. The summed E-state index contributed by atoms with van der Waals surface area (Å²) in [4.78, 5) is 12.1. The van der Waals surface area contributed by atoms with Gasteiger partial charge < -0.3 is 5.73 Å². The van der Waals surface area contributed by atoms with E-state index in [-0.39, 0.29) is 18.0 Å². The highest BCUT2D eigenvalue weighted by atomic mass is 32.2. The van der Waals surface area contributed by atoms with Gasteiger partial charge in [0.2, 0.25) is 0 Å². The first-order valence-corrected chi connectivity index (χ1v) is 7.81. The lowest BCUT2D eigenvalue weighted by Crippen LogP contribution is -2.33. The molecule has 5 heteroatoms. The van der Waals surface area contributed by atoms with E-state index < -0.39 is 15.9 Å². The van der Waals surface area contributed by atoms with Crippen LogP contribution in [0.1, 0.15) is 27.9 Å². The fraction of sp³-hybridized carbons (Fsp3) is 0.462. The van der Waals surface area contributed by atoms with Gasteiger partial charge >= 0.3 is 0 Å². The molecule has 1 aromatic carbocycles. The fourth-order valence-corrected chi connectivity index (χ4v) is 2.44.